The summed E-state index contributed by atoms with van der Waals surface area (Å²) in [7, 11) is 0. The fraction of sp³-hybridized carbons (Fsp3) is 1.00. The van der Waals surface area contributed by atoms with Crippen LogP contribution >= 0.6 is 0 Å². The van der Waals surface area contributed by atoms with E-state index in [1.165, 1.54) is 6.42 Å². The Kier molecular flexibility index (Phi) is 16.8. The molecule has 0 rings (SSSR count). The van der Waals surface area contributed by atoms with Crippen LogP contribution in [-0.2, 0) is 0 Å². The number of hydrogen-bond acceptors (Lipinski definition) is 5. The van der Waals surface area contributed by atoms with Crippen LogP contribution in [0.15, 0.2) is 0 Å². The van der Waals surface area contributed by atoms with Crippen molar-refractivity contribution in [3.8, 4) is 0 Å². The number of rotatable bonds is 10. The minimum atomic E-state index is -1.10. The van der Waals surface area contributed by atoms with E-state index >= 15 is 0 Å². The lowest BCUT2D eigenvalue weighted by atomic mass is 9.90. The molecule has 124 valence electrons. The van der Waals surface area contributed by atoms with Gasteiger partial charge in [0, 0.05) is 0 Å². The summed E-state index contributed by atoms with van der Waals surface area (Å²) >= 11 is 0. The lowest BCUT2D eigenvalue weighted by molar-refractivity contribution is -0.0461. The second-order valence-electron chi connectivity index (χ2n) is 5.17. The van der Waals surface area contributed by atoms with Gasteiger partial charge >= 0.3 is 0 Å². The lowest BCUT2D eigenvalue weighted by Crippen LogP contribution is -2.35. The van der Waals surface area contributed by atoms with E-state index in [2.05, 4.69) is 6.92 Å². The van der Waals surface area contributed by atoms with Crippen molar-refractivity contribution in [3.63, 3.8) is 0 Å². The summed E-state index contributed by atoms with van der Waals surface area (Å²) in [6.07, 6.45) is 3.65. The Morgan fingerprint density at radius 1 is 0.800 bits per heavy atom. The van der Waals surface area contributed by atoms with Crippen molar-refractivity contribution >= 4 is 0 Å². The summed E-state index contributed by atoms with van der Waals surface area (Å²) in [6, 6.07) is 0. The van der Waals surface area contributed by atoms with Crippen molar-refractivity contribution in [3.05, 3.63) is 0 Å². The van der Waals surface area contributed by atoms with Crippen LogP contribution in [0.5, 0.6) is 0 Å². The molecule has 0 fully saturated rings. The molecule has 0 saturated heterocycles. The predicted octanol–water partition coefficient (Wildman–Crippen LogP) is 1.40. The zero-order valence-electron chi connectivity index (χ0n) is 13.2. The van der Waals surface area contributed by atoms with Gasteiger partial charge in [0.25, 0.3) is 0 Å². The van der Waals surface area contributed by atoms with Crippen molar-refractivity contribution in [1.82, 2.24) is 0 Å². The molecule has 3 atom stereocenters. The molecule has 5 N–H and O–H groups in total. The maximum Gasteiger partial charge on any atom is 0.151 e. The molecule has 0 spiro atoms. The van der Waals surface area contributed by atoms with E-state index in [1.807, 2.05) is 13.8 Å². The van der Waals surface area contributed by atoms with Gasteiger partial charge in [-0.2, -0.15) is 0 Å². The molecule has 0 aliphatic heterocycles. The van der Waals surface area contributed by atoms with Gasteiger partial charge in [0.15, 0.2) is 6.29 Å². The molecule has 0 aliphatic rings. The van der Waals surface area contributed by atoms with Crippen molar-refractivity contribution in [2.24, 2.45) is 5.92 Å². The maximum absolute atomic E-state index is 9.67. The first kappa shape index (κ1) is 22.1. The highest BCUT2D eigenvalue weighted by molar-refractivity contribution is 4.74. The van der Waals surface area contributed by atoms with E-state index in [1.54, 1.807) is 0 Å². The van der Waals surface area contributed by atoms with Crippen LogP contribution in [0.3, 0.4) is 0 Å². The van der Waals surface area contributed by atoms with E-state index in [9.17, 15) is 10.2 Å². The van der Waals surface area contributed by atoms with Gasteiger partial charge in [-0.05, 0) is 18.8 Å². The zero-order valence-corrected chi connectivity index (χ0v) is 13.2. The monoisotopic (exact) mass is 294 g/mol. The van der Waals surface area contributed by atoms with Gasteiger partial charge in [0.1, 0.15) is 6.10 Å². The fourth-order valence-electron chi connectivity index (χ4n) is 1.95. The van der Waals surface area contributed by atoms with Gasteiger partial charge < -0.3 is 25.5 Å². The Balaban J connectivity index is 0. The smallest absolute Gasteiger partial charge is 0.151 e. The van der Waals surface area contributed by atoms with Crippen molar-refractivity contribution < 1.29 is 25.5 Å². The number of aliphatic hydroxyl groups is 5. The molecule has 0 aromatic heterocycles. The Bertz CT molecular complexity index is 187. The van der Waals surface area contributed by atoms with Crippen molar-refractivity contribution in [1.29, 1.82) is 0 Å². The summed E-state index contributed by atoms with van der Waals surface area (Å²) in [5.41, 5.74) is 0. The minimum absolute atomic E-state index is 0.115. The summed E-state index contributed by atoms with van der Waals surface area (Å²) in [6.45, 7) is 5.69. The van der Waals surface area contributed by atoms with E-state index in [0.29, 0.717) is 6.42 Å². The summed E-state index contributed by atoms with van der Waals surface area (Å²) in [4.78, 5) is 0. The third-order valence-electron chi connectivity index (χ3n) is 3.31. The Morgan fingerprint density at radius 3 is 1.70 bits per heavy atom. The van der Waals surface area contributed by atoms with Crippen LogP contribution in [0.25, 0.3) is 0 Å². The molecule has 5 nitrogen and oxygen atoms in total. The van der Waals surface area contributed by atoms with Gasteiger partial charge in [0.05, 0.1) is 12.7 Å². The van der Waals surface area contributed by atoms with Crippen LogP contribution in [0.2, 0.25) is 0 Å². The minimum Gasteiger partial charge on any atom is -0.394 e. The van der Waals surface area contributed by atoms with E-state index in [4.69, 9.17) is 15.3 Å². The number of aliphatic hydroxyl groups excluding tert-OH is 4. The Morgan fingerprint density at radius 2 is 1.40 bits per heavy atom. The van der Waals surface area contributed by atoms with Crippen LogP contribution in [0.1, 0.15) is 65.7 Å². The normalized spacial score (nSPS) is 15.4. The number of unbranched alkanes of at least 4 members (excludes halogenated alkanes) is 2. The highest BCUT2D eigenvalue weighted by Gasteiger charge is 2.23. The molecular formula is C15H34O5. The van der Waals surface area contributed by atoms with Crippen LogP contribution in [-0.4, -0.2) is 50.6 Å². The quantitative estimate of drug-likeness (QED) is 0.310. The highest BCUT2D eigenvalue weighted by Crippen LogP contribution is 2.19. The first-order valence-electron chi connectivity index (χ1n) is 7.77. The van der Waals surface area contributed by atoms with Crippen LogP contribution in [0, 0.1) is 5.92 Å². The van der Waals surface area contributed by atoms with Crippen molar-refractivity contribution in [2.45, 2.75) is 84.2 Å². The first-order valence-corrected chi connectivity index (χ1v) is 7.77. The topological polar surface area (TPSA) is 101 Å². The average Bonchev–Trinajstić information content (AvgIpc) is 2.42. The standard InChI is InChI=1S/C11H24O3.C4H10O2/c1-3-5-6-7-9(4-2)11(14)10(13)8-12;1-2-3-4(5)6/h9-14H,3-8H2,1-2H3;4-6H,2-3H2,1H3. The molecule has 3 unspecified atom stereocenters. The molecule has 0 aromatic carbocycles. The molecular weight excluding hydrogens is 260 g/mol. The van der Waals surface area contributed by atoms with Crippen LogP contribution in [0.4, 0.5) is 0 Å². The first-order chi connectivity index (χ1) is 9.44. The molecule has 0 aromatic rings. The van der Waals surface area contributed by atoms with E-state index < -0.39 is 18.5 Å². The molecule has 0 saturated carbocycles. The van der Waals surface area contributed by atoms with Gasteiger partial charge in [-0.3, -0.25) is 0 Å². The van der Waals surface area contributed by atoms with Gasteiger partial charge in [-0.15, -0.1) is 0 Å². The largest absolute Gasteiger partial charge is 0.394 e. The van der Waals surface area contributed by atoms with Gasteiger partial charge in [-0.25, -0.2) is 0 Å². The van der Waals surface area contributed by atoms with E-state index in [-0.39, 0.29) is 12.5 Å². The Hall–Kier alpha value is -0.200. The summed E-state index contributed by atoms with van der Waals surface area (Å²) in [5, 5.41) is 43.9. The third-order valence-corrected chi connectivity index (χ3v) is 3.31. The maximum atomic E-state index is 9.67. The van der Waals surface area contributed by atoms with Crippen molar-refractivity contribution in [2.75, 3.05) is 6.61 Å². The molecule has 20 heavy (non-hydrogen) atoms. The molecule has 0 bridgehead atoms. The zero-order chi connectivity index (χ0) is 16.0. The van der Waals surface area contributed by atoms with E-state index in [0.717, 1.165) is 32.1 Å². The molecule has 0 aliphatic carbocycles. The SMILES string of the molecule is CCCC(O)O.CCCCCC(CC)C(O)C(O)CO. The summed E-state index contributed by atoms with van der Waals surface area (Å²) in [5.74, 6) is 0.115. The fourth-order valence-corrected chi connectivity index (χ4v) is 1.95. The molecule has 0 radical (unpaired) electrons. The third kappa shape index (κ3) is 12.8. The second kappa shape index (κ2) is 15.2. The summed E-state index contributed by atoms with van der Waals surface area (Å²) < 4.78 is 0. The average molecular weight is 294 g/mol. The molecule has 5 heteroatoms. The second-order valence-corrected chi connectivity index (χ2v) is 5.17. The predicted molar refractivity (Wildman–Crippen MR) is 80.2 cm³/mol. The Labute approximate surface area is 123 Å². The van der Waals surface area contributed by atoms with Crippen LogP contribution < -0.4 is 0 Å². The number of hydrogen-bond donors (Lipinski definition) is 5. The molecule has 0 heterocycles. The lowest BCUT2D eigenvalue weighted by Gasteiger charge is -2.24. The molecule has 0 amide bonds. The van der Waals surface area contributed by atoms with Gasteiger partial charge in [0.2, 0.25) is 0 Å². The van der Waals surface area contributed by atoms with Gasteiger partial charge in [-0.1, -0.05) is 52.9 Å². The highest BCUT2D eigenvalue weighted by atomic mass is 16.5.